The maximum absolute atomic E-state index is 12.4. The Balaban J connectivity index is 3.37. The molecule has 0 aliphatic heterocycles. The minimum absolute atomic E-state index is 0.0571. The van der Waals surface area contributed by atoms with Crippen molar-refractivity contribution in [2.24, 2.45) is 0 Å². The number of aliphatic hydroxyl groups excluding tert-OH is 2. The lowest BCUT2D eigenvalue weighted by Gasteiger charge is -2.20. The molecule has 0 bridgehead atoms. The van der Waals surface area contributed by atoms with E-state index in [-0.39, 0.29) is 12.5 Å². The number of amides is 1. The second-order valence-corrected chi connectivity index (χ2v) is 19.4. The number of unbranched alkanes of at least 4 members (excludes halogenated alkanes) is 45. The number of rotatable bonds is 52. The summed E-state index contributed by atoms with van der Waals surface area (Å²) in [6, 6.07) is -0.617. The normalized spacial score (nSPS) is 12.8. The Bertz CT molecular complexity index is 829. The van der Waals surface area contributed by atoms with Crippen LogP contribution >= 0.6 is 0 Å². The van der Waals surface area contributed by atoms with Gasteiger partial charge in [0.2, 0.25) is 5.91 Å². The summed E-state index contributed by atoms with van der Waals surface area (Å²) in [6.07, 6.45) is 68.2. The van der Waals surface area contributed by atoms with Crippen molar-refractivity contribution in [2.45, 2.75) is 334 Å². The Morgan fingerprint density at radius 2 is 0.617 bits per heavy atom. The molecule has 0 aromatic rings. The minimum Gasteiger partial charge on any atom is -0.394 e. The highest BCUT2D eigenvalue weighted by Gasteiger charge is 2.18. The number of aliphatic hydroxyl groups is 2. The molecule has 60 heavy (non-hydrogen) atoms. The zero-order chi connectivity index (χ0) is 43.5. The molecule has 0 heterocycles. The van der Waals surface area contributed by atoms with Crippen LogP contribution in [0.5, 0.6) is 0 Å². The Hall–Kier alpha value is -0.870. The summed E-state index contributed by atoms with van der Waals surface area (Å²) in [6.45, 7) is 4.34. The highest BCUT2D eigenvalue weighted by molar-refractivity contribution is 5.76. The molecule has 0 aromatic carbocycles. The molecule has 3 N–H and O–H groups in total. The van der Waals surface area contributed by atoms with Crippen LogP contribution in [-0.2, 0) is 4.79 Å². The second kappa shape index (κ2) is 52.5. The quantitative estimate of drug-likeness (QED) is 0.0422. The van der Waals surface area contributed by atoms with E-state index >= 15 is 0 Å². The predicted molar refractivity (Wildman–Crippen MR) is 267 cm³/mol. The summed E-state index contributed by atoms with van der Waals surface area (Å²) < 4.78 is 0. The Kier molecular flexibility index (Phi) is 51.7. The van der Waals surface area contributed by atoms with Crippen LogP contribution in [0.25, 0.3) is 0 Å². The molecule has 0 aliphatic carbocycles. The van der Waals surface area contributed by atoms with E-state index in [4.69, 9.17) is 0 Å². The minimum atomic E-state index is -0.834. The molecule has 1 amide bonds. The molecule has 0 aliphatic rings. The fourth-order valence-electron chi connectivity index (χ4n) is 9.01. The summed E-state index contributed by atoms with van der Waals surface area (Å²) >= 11 is 0. The van der Waals surface area contributed by atoms with E-state index in [1.807, 2.05) is 6.08 Å². The van der Waals surface area contributed by atoms with Crippen molar-refractivity contribution in [2.75, 3.05) is 6.61 Å². The van der Waals surface area contributed by atoms with Crippen LogP contribution in [0.3, 0.4) is 0 Å². The van der Waals surface area contributed by atoms with Crippen molar-refractivity contribution in [3.8, 4) is 0 Å². The molecule has 2 atom stereocenters. The van der Waals surface area contributed by atoms with Crippen molar-refractivity contribution >= 4 is 5.91 Å². The molecule has 0 fully saturated rings. The van der Waals surface area contributed by atoms with E-state index < -0.39 is 12.1 Å². The van der Waals surface area contributed by atoms with Gasteiger partial charge in [0.25, 0.3) is 0 Å². The summed E-state index contributed by atoms with van der Waals surface area (Å²) in [4.78, 5) is 12.4. The van der Waals surface area contributed by atoms with E-state index in [1.165, 1.54) is 276 Å². The first kappa shape index (κ1) is 59.1. The first-order chi connectivity index (χ1) is 29.7. The van der Waals surface area contributed by atoms with E-state index in [2.05, 4.69) is 19.2 Å². The van der Waals surface area contributed by atoms with Crippen LogP contribution in [0.15, 0.2) is 12.2 Å². The van der Waals surface area contributed by atoms with Gasteiger partial charge in [-0.1, -0.05) is 309 Å². The first-order valence-electron chi connectivity index (χ1n) is 27.9. The average Bonchev–Trinajstić information content (AvgIpc) is 3.25. The SMILES string of the molecule is CCCCCCCCCCCCCC/C=C/C(O)C(CO)NC(=O)CCCCCCCCCCCCCCCCCCCCCCCCCCCCCCCCCCCC. The third-order valence-electron chi connectivity index (χ3n) is 13.3. The average molecular weight is 847 g/mol. The summed E-state index contributed by atoms with van der Waals surface area (Å²) in [7, 11) is 0. The molecule has 4 nitrogen and oxygen atoms in total. The van der Waals surface area contributed by atoms with Gasteiger partial charge in [-0.3, -0.25) is 4.79 Å². The number of hydrogen-bond acceptors (Lipinski definition) is 3. The molecule has 358 valence electrons. The second-order valence-electron chi connectivity index (χ2n) is 19.4. The highest BCUT2D eigenvalue weighted by Crippen LogP contribution is 2.18. The lowest BCUT2D eigenvalue weighted by molar-refractivity contribution is -0.123. The molecule has 0 spiro atoms. The maximum Gasteiger partial charge on any atom is 0.220 e. The van der Waals surface area contributed by atoms with Crippen LogP contribution in [0.4, 0.5) is 0 Å². The van der Waals surface area contributed by atoms with E-state index in [0.29, 0.717) is 6.42 Å². The molecule has 0 saturated heterocycles. The molecule has 4 heteroatoms. The molecule has 0 radical (unpaired) electrons. The Labute approximate surface area is 377 Å². The summed E-state index contributed by atoms with van der Waals surface area (Å²) in [5, 5.41) is 23.1. The van der Waals surface area contributed by atoms with Crippen molar-refractivity contribution in [1.82, 2.24) is 5.32 Å². The standard InChI is InChI=1S/C56H111NO3/c1-3-5-7-9-11-13-15-17-19-20-21-22-23-24-25-26-27-28-29-30-31-32-33-34-35-36-37-38-40-42-44-46-48-50-52-56(60)57-54(53-58)55(59)51-49-47-45-43-41-39-18-16-14-12-10-8-6-4-2/h49,51,54-55,58-59H,3-48,50,52-53H2,1-2H3,(H,57,60)/b51-49+. The summed E-state index contributed by atoms with van der Waals surface area (Å²) in [5.74, 6) is -0.0571. The van der Waals surface area contributed by atoms with Gasteiger partial charge in [0, 0.05) is 6.42 Å². The fourth-order valence-corrected chi connectivity index (χ4v) is 9.01. The molecular formula is C56H111NO3. The third-order valence-corrected chi connectivity index (χ3v) is 13.3. The van der Waals surface area contributed by atoms with Gasteiger partial charge < -0.3 is 15.5 Å². The molecule has 2 unspecified atom stereocenters. The Morgan fingerprint density at radius 3 is 0.867 bits per heavy atom. The summed E-state index contributed by atoms with van der Waals surface area (Å²) in [5.41, 5.74) is 0. The third kappa shape index (κ3) is 48.2. The van der Waals surface area contributed by atoms with Crippen LogP contribution in [0, 0.1) is 0 Å². The topological polar surface area (TPSA) is 69.6 Å². The van der Waals surface area contributed by atoms with Gasteiger partial charge in [0.1, 0.15) is 0 Å². The van der Waals surface area contributed by atoms with Crippen LogP contribution in [0.1, 0.15) is 322 Å². The van der Waals surface area contributed by atoms with Gasteiger partial charge in [0.05, 0.1) is 18.8 Å². The fraction of sp³-hybridized carbons (Fsp3) is 0.946. The smallest absolute Gasteiger partial charge is 0.220 e. The van der Waals surface area contributed by atoms with Crippen molar-refractivity contribution < 1.29 is 15.0 Å². The van der Waals surface area contributed by atoms with Gasteiger partial charge in [-0.15, -0.1) is 0 Å². The number of nitrogens with one attached hydrogen (secondary N) is 1. The van der Waals surface area contributed by atoms with Crippen LogP contribution < -0.4 is 5.32 Å². The number of hydrogen-bond donors (Lipinski definition) is 3. The van der Waals surface area contributed by atoms with Gasteiger partial charge in [-0.2, -0.15) is 0 Å². The van der Waals surface area contributed by atoms with Crippen LogP contribution in [0.2, 0.25) is 0 Å². The first-order valence-corrected chi connectivity index (χ1v) is 27.9. The van der Waals surface area contributed by atoms with Crippen molar-refractivity contribution in [3.63, 3.8) is 0 Å². The van der Waals surface area contributed by atoms with Gasteiger partial charge in [-0.25, -0.2) is 0 Å². The maximum atomic E-state index is 12.4. The van der Waals surface area contributed by atoms with Crippen molar-refractivity contribution in [1.29, 1.82) is 0 Å². The van der Waals surface area contributed by atoms with Crippen LogP contribution in [-0.4, -0.2) is 34.9 Å². The van der Waals surface area contributed by atoms with E-state index in [9.17, 15) is 15.0 Å². The molecule has 0 rings (SSSR count). The molecule has 0 aromatic heterocycles. The zero-order valence-corrected chi connectivity index (χ0v) is 41.3. The number of carbonyl (C=O) groups is 1. The van der Waals surface area contributed by atoms with Crippen molar-refractivity contribution in [3.05, 3.63) is 12.2 Å². The molecule has 0 saturated carbocycles. The predicted octanol–water partition coefficient (Wildman–Crippen LogP) is 18.1. The lowest BCUT2D eigenvalue weighted by Crippen LogP contribution is -2.45. The highest BCUT2D eigenvalue weighted by atomic mass is 16.3. The van der Waals surface area contributed by atoms with Gasteiger partial charge >= 0.3 is 0 Å². The monoisotopic (exact) mass is 846 g/mol. The number of carbonyl (C=O) groups excluding carboxylic acids is 1. The lowest BCUT2D eigenvalue weighted by atomic mass is 10.0. The number of allylic oxidation sites excluding steroid dienone is 1. The van der Waals surface area contributed by atoms with E-state index in [0.717, 1.165) is 25.7 Å². The zero-order valence-electron chi connectivity index (χ0n) is 41.3. The van der Waals surface area contributed by atoms with E-state index in [1.54, 1.807) is 6.08 Å². The van der Waals surface area contributed by atoms with Gasteiger partial charge in [0.15, 0.2) is 0 Å². The van der Waals surface area contributed by atoms with Gasteiger partial charge in [-0.05, 0) is 19.3 Å². The Morgan fingerprint density at radius 1 is 0.383 bits per heavy atom. The molecular weight excluding hydrogens is 735 g/mol. The largest absolute Gasteiger partial charge is 0.394 e.